The van der Waals surface area contributed by atoms with Gasteiger partial charge in [-0.15, -0.1) is 0 Å². The van der Waals surface area contributed by atoms with E-state index in [0.717, 1.165) is 64.6 Å². The second-order valence-electron chi connectivity index (χ2n) is 7.07. The van der Waals surface area contributed by atoms with Gasteiger partial charge in [-0.3, -0.25) is 9.20 Å². The minimum absolute atomic E-state index is 0.221. The van der Waals surface area contributed by atoms with Crippen molar-refractivity contribution in [1.29, 1.82) is 0 Å². The third-order valence-corrected chi connectivity index (χ3v) is 6.30. The Bertz CT molecular complexity index is 1110. The van der Waals surface area contributed by atoms with Crippen molar-refractivity contribution in [3.05, 3.63) is 48.5 Å². The first-order chi connectivity index (χ1) is 14.2. The second-order valence-corrected chi connectivity index (χ2v) is 8.07. The van der Waals surface area contributed by atoms with Crippen LogP contribution in [0.4, 0.5) is 0 Å². The quantitative estimate of drug-likeness (QED) is 0.297. The molecule has 0 spiro atoms. The van der Waals surface area contributed by atoms with Crippen LogP contribution in [-0.2, 0) is 0 Å². The van der Waals surface area contributed by atoms with Gasteiger partial charge in [-0.1, -0.05) is 25.2 Å². The Kier molecular flexibility index (Phi) is 5.97. The number of imidazole rings is 1. The maximum atomic E-state index is 12.6. The van der Waals surface area contributed by atoms with E-state index in [4.69, 9.17) is 0 Å². The third-order valence-electron chi connectivity index (χ3n) is 5.28. The van der Waals surface area contributed by atoms with Crippen molar-refractivity contribution in [3.8, 4) is 11.4 Å². The number of hydrogen-bond acceptors (Lipinski definition) is 6. The Balaban J connectivity index is 1.47. The Morgan fingerprint density at radius 3 is 2.76 bits per heavy atom. The number of fused-ring (bicyclic) bond motifs is 3. The number of rotatable bonds is 9. The van der Waals surface area contributed by atoms with Gasteiger partial charge >= 0.3 is 0 Å². The Morgan fingerprint density at radius 2 is 2.00 bits per heavy atom. The normalized spacial score (nSPS) is 11.7. The summed E-state index contributed by atoms with van der Waals surface area (Å²) in [5, 5.41) is 0. The summed E-state index contributed by atoms with van der Waals surface area (Å²) < 4.78 is 3.14. The van der Waals surface area contributed by atoms with Crippen LogP contribution in [0.3, 0.4) is 0 Å². The van der Waals surface area contributed by atoms with Crippen LogP contribution in [0.25, 0.3) is 26.6 Å². The van der Waals surface area contributed by atoms with E-state index in [2.05, 4.69) is 38.1 Å². The molecule has 0 aliphatic rings. The van der Waals surface area contributed by atoms with Crippen molar-refractivity contribution in [2.75, 3.05) is 19.6 Å². The first-order valence-electron chi connectivity index (χ1n) is 10.1. The number of aromatic nitrogens is 4. The summed E-state index contributed by atoms with van der Waals surface area (Å²) in [7, 11) is 0. The van der Waals surface area contributed by atoms with Crippen LogP contribution in [0.1, 0.15) is 43.5 Å². The number of carbonyl (C=O) groups is 1. The minimum Gasteiger partial charge on any atom is -0.304 e. The molecule has 150 valence electrons. The van der Waals surface area contributed by atoms with Crippen LogP contribution in [0, 0.1) is 0 Å². The number of benzene rings is 1. The predicted molar refractivity (Wildman–Crippen MR) is 118 cm³/mol. The predicted octanol–water partition coefficient (Wildman–Crippen LogP) is 4.70. The number of nitrogens with zero attached hydrogens (tertiary/aromatic N) is 5. The van der Waals surface area contributed by atoms with Gasteiger partial charge in [0.1, 0.15) is 12.0 Å². The molecule has 0 amide bonds. The zero-order chi connectivity index (χ0) is 20.2. The topological polar surface area (TPSA) is 63.4 Å². The molecule has 0 saturated heterocycles. The van der Waals surface area contributed by atoms with Crippen LogP contribution in [0.5, 0.6) is 0 Å². The number of carbonyl (C=O) groups excluding carboxylic acids is 1. The second kappa shape index (κ2) is 8.80. The average Bonchev–Trinajstić information content (AvgIpc) is 3.32. The van der Waals surface area contributed by atoms with Crippen LogP contribution in [0.2, 0.25) is 0 Å². The SMILES string of the molecule is CCN(CC)CCCCC(=O)c1ccc2c(c1)sc1nc(-c3ccncn3)cn12. The van der Waals surface area contributed by atoms with Crippen molar-refractivity contribution in [2.24, 2.45) is 0 Å². The van der Waals surface area contributed by atoms with Gasteiger partial charge in [0.2, 0.25) is 0 Å². The van der Waals surface area contributed by atoms with Crippen LogP contribution in [-0.4, -0.2) is 49.7 Å². The Morgan fingerprint density at radius 1 is 1.14 bits per heavy atom. The lowest BCUT2D eigenvalue weighted by molar-refractivity contribution is 0.0978. The van der Waals surface area contributed by atoms with Gasteiger partial charge in [-0.25, -0.2) is 15.0 Å². The molecule has 29 heavy (non-hydrogen) atoms. The molecule has 0 fully saturated rings. The molecule has 3 aromatic heterocycles. The number of ketones is 1. The molecule has 0 radical (unpaired) electrons. The van der Waals surface area contributed by atoms with E-state index in [1.807, 2.05) is 30.5 Å². The van der Waals surface area contributed by atoms with Crippen molar-refractivity contribution in [2.45, 2.75) is 33.1 Å². The van der Waals surface area contributed by atoms with Crippen LogP contribution >= 0.6 is 11.3 Å². The fourth-order valence-electron chi connectivity index (χ4n) is 3.55. The highest BCUT2D eigenvalue weighted by atomic mass is 32.1. The van der Waals surface area contributed by atoms with Gasteiger partial charge in [-0.2, -0.15) is 0 Å². The molecule has 3 heterocycles. The van der Waals surface area contributed by atoms with Gasteiger partial charge < -0.3 is 4.90 Å². The van der Waals surface area contributed by atoms with E-state index >= 15 is 0 Å². The lowest BCUT2D eigenvalue weighted by Crippen LogP contribution is -2.24. The third kappa shape index (κ3) is 4.21. The molecule has 7 heteroatoms. The summed E-state index contributed by atoms with van der Waals surface area (Å²) in [5.74, 6) is 0.221. The first-order valence-corrected chi connectivity index (χ1v) is 10.9. The number of thiazole rings is 1. The van der Waals surface area contributed by atoms with E-state index in [-0.39, 0.29) is 5.78 Å². The number of Topliss-reactive ketones (excluding diaryl/α,β-unsaturated/α-hetero) is 1. The largest absolute Gasteiger partial charge is 0.304 e. The molecular formula is C22H25N5OS. The van der Waals surface area contributed by atoms with Gasteiger partial charge in [-0.05, 0) is 56.7 Å². The first kappa shape index (κ1) is 19.7. The highest BCUT2D eigenvalue weighted by Crippen LogP contribution is 2.29. The fourth-order valence-corrected chi connectivity index (χ4v) is 4.59. The molecule has 4 rings (SSSR count). The summed E-state index contributed by atoms with van der Waals surface area (Å²) >= 11 is 1.60. The van der Waals surface area contributed by atoms with Crippen molar-refractivity contribution in [3.63, 3.8) is 0 Å². The number of unbranched alkanes of at least 4 members (excludes halogenated alkanes) is 1. The zero-order valence-corrected chi connectivity index (χ0v) is 17.7. The zero-order valence-electron chi connectivity index (χ0n) is 16.8. The van der Waals surface area contributed by atoms with Gasteiger partial charge in [0.05, 0.1) is 15.9 Å². The Hall–Kier alpha value is -2.64. The summed E-state index contributed by atoms with van der Waals surface area (Å²) in [4.78, 5) is 28.8. The van der Waals surface area contributed by atoms with Crippen LogP contribution in [0.15, 0.2) is 43.0 Å². The standard InChI is InChI=1S/C22H25N5OS/c1-3-26(4-2)12-6-5-7-20(28)16-8-9-19-21(13-16)29-22-25-18(14-27(19)22)17-10-11-23-15-24-17/h8-11,13-15H,3-7,12H2,1-2H3. The molecule has 0 bridgehead atoms. The van der Waals surface area contributed by atoms with E-state index in [1.165, 1.54) is 6.33 Å². The van der Waals surface area contributed by atoms with E-state index in [9.17, 15) is 4.79 Å². The molecule has 0 aliphatic carbocycles. The van der Waals surface area contributed by atoms with Crippen molar-refractivity contribution < 1.29 is 4.79 Å². The van der Waals surface area contributed by atoms with Gasteiger partial charge in [0.15, 0.2) is 10.7 Å². The van der Waals surface area contributed by atoms with Gasteiger partial charge in [0.25, 0.3) is 0 Å². The minimum atomic E-state index is 0.221. The summed E-state index contributed by atoms with van der Waals surface area (Å²) in [6.07, 6.45) is 7.84. The van der Waals surface area contributed by atoms with Crippen molar-refractivity contribution in [1.82, 2.24) is 24.3 Å². The lowest BCUT2D eigenvalue weighted by Gasteiger charge is -2.17. The van der Waals surface area contributed by atoms with Crippen LogP contribution < -0.4 is 0 Å². The fraction of sp³-hybridized carbons (Fsp3) is 0.364. The highest BCUT2D eigenvalue weighted by Gasteiger charge is 2.13. The molecule has 0 N–H and O–H groups in total. The molecule has 0 aliphatic heterocycles. The molecular weight excluding hydrogens is 382 g/mol. The summed E-state index contributed by atoms with van der Waals surface area (Å²) in [6.45, 7) is 7.56. The maximum absolute atomic E-state index is 12.6. The van der Waals surface area contributed by atoms with E-state index < -0.39 is 0 Å². The molecule has 4 aromatic rings. The number of hydrogen-bond donors (Lipinski definition) is 0. The average molecular weight is 408 g/mol. The summed E-state index contributed by atoms with van der Waals surface area (Å²) in [5.41, 5.74) is 3.49. The molecule has 1 aromatic carbocycles. The molecule has 0 unspecified atom stereocenters. The molecule has 0 atom stereocenters. The highest BCUT2D eigenvalue weighted by molar-refractivity contribution is 7.23. The monoisotopic (exact) mass is 407 g/mol. The maximum Gasteiger partial charge on any atom is 0.195 e. The van der Waals surface area contributed by atoms with Gasteiger partial charge in [0, 0.05) is 24.4 Å². The van der Waals surface area contributed by atoms with Crippen molar-refractivity contribution >= 4 is 32.3 Å². The summed E-state index contributed by atoms with van der Waals surface area (Å²) in [6, 6.07) is 7.82. The lowest BCUT2D eigenvalue weighted by atomic mass is 10.1. The Labute approximate surface area is 174 Å². The molecule has 0 saturated carbocycles. The molecule has 6 nitrogen and oxygen atoms in total. The van der Waals surface area contributed by atoms with E-state index in [1.54, 1.807) is 17.5 Å². The smallest absolute Gasteiger partial charge is 0.195 e. The van der Waals surface area contributed by atoms with E-state index in [0.29, 0.717) is 6.42 Å².